The molecule has 28 heavy (non-hydrogen) atoms. The number of carbonyl (C=O) groups excluding carboxylic acids is 2. The first-order valence-electron chi connectivity index (χ1n) is 9.17. The quantitative estimate of drug-likeness (QED) is 0.603. The molecule has 2 heterocycles. The third-order valence-electron chi connectivity index (χ3n) is 4.84. The van der Waals surface area contributed by atoms with Gasteiger partial charge in [0.05, 0.1) is 6.20 Å². The van der Waals surface area contributed by atoms with Gasteiger partial charge in [-0.05, 0) is 43.2 Å². The zero-order valence-electron chi connectivity index (χ0n) is 16.5. The number of aromatic nitrogens is 2. The second-order valence-electron chi connectivity index (χ2n) is 6.74. The van der Waals surface area contributed by atoms with E-state index in [0.717, 1.165) is 27.9 Å². The van der Waals surface area contributed by atoms with Crippen LogP contribution in [0, 0.1) is 13.8 Å². The van der Waals surface area contributed by atoms with Crippen LogP contribution in [-0.4, -0.2) is 28.9 Å². The average Bonchev–Trinajstić information content (AvgIpc) is 3.11. The monoisotopic (exact) mass is 377 g/mol. The SMILES string of the molecule is CCC(=O)N(C)c1ccc(-c2ccc(C(=O)Cc3cnoc3C)nc2)c(C)c1. The standard InChI is InChI=1S/C22H23N3O3/c1-5-22(27)25(4)18-7-8-19(14(2)10-18)16-6-9-20(23-12-16)21(26)11-17-13-24-28-15(17)3/h6-10,12-13H,5,11H2,1-4H3. The minimum atomic E-state index is -0.0791. The maximum absolute atomic E-state index is 12.4. The van der Waals surface area contributed by atoms with Crippen LogP contribution < -0.4 is 4.90 Å². The lowest BCUT2D eigenvalue weighted by Crippen LogP contribution is -2.25. The average molecular weight is 377 g/mol. The number of amides is 1. The molecular weight excluding hydrogens is 354 g/mol. The molecule has 2 aromatic heterocycles. The Bertz CT molecular complexity index is 1010. The van der Waals surface area contributed by atoms with Crippen LogP contribution in [0.25, 0.3) is 11.1 Å². The summed E-state index contributed by atoms with van der Waals surface area (Å²) < 4.78 is 4.99. The normalized spacial score (nSPS) is 10.7. The van der Waals surface area contributed by atoms with Crippen molar-refractivity contribution in [2.75, 3.05) is 11.9 Å². The molecule has 144 valence electrons. The Morgan fingerprint density at radius 3 is 2.46 bits per heavy atom. The number of pyridine rings is 1. The Labute approximate surface area is 164 Å². The van der Waals surface area contributed by atoms with Crippen LogP contribution in [0.15, 0.2) is 47.2 Å². The van der Waals surface area contributed by atoms with E-state index in [1.807, 2.05) is 38.1 Å². The molecule has 0 bridgehead atoms. The number of aryl methyl sites for hydroxylation is 2. The lowest BCUT2D eigenvalue weighted by atomic mass is 10.00. The van der Waals surface area contributed by atoms with Gasteiger partial charge in [-0.3, -0.25) is 14.6 Å². The highest BCUT2D eigenvalue weighted by Crippen LogP contribution is 2.27. The molecule has 0 saturated heterocycles. The molecule has 0 fully saturated rings. The van der Waals surface area contributed by atoms with Crippen molar-refractivity contribution in [2.24, 2.45) is 0 Å². The third kappa shape index (κ3) is 4.01. The van der Waals surface area contributed by atoms with Gasteiger partial charge in [0.15, 0.2) is 5.78 Å². The summed E-state index contributed by atoms with van der Waals surface area (Å²) in [6.45, 7) is 5.62. The molecule has 0 radical (unpaired) electrons. The Kier molecular flexibility index (Phi) is 5.68. The fourth-order valence-electron chi connectivity index (χ4n) is 3.03. The zero-order chi connectivity index (χ0) is 20.3. The molecule has 6 heteroatoms. The van der Waals surface area contributed by atoms with Crippen LogP contribution in [0.3, 0.4) is 0 Å². The summed E-state index contributed by atoms with van der Waals surface area (Å²) in [5.41, 5.74) is 5.01. The van der Waals surface area contributed by atoms with E-state index < -0.39 is 0 Å². The van der Waals surface area contributed by atoms with E-state index >= 15 is 0 Å². The van der Waals surface area contributed by atoms with Gasteiger partial charge in [0.1, 0.15) is 11.5 Å². The van der Waals surface area contributed by atoms with E-state index in [0.29, 0.717) is 17.9 Å². The smallest absolute Gasteiger partial charge is 0.226 e. The lowest BCUT2D eigenvalue weighted by Gasteiger charge is -2.18. The van der Waals surface area contributed by atoms with Crippen LogP contribution in [0.2, 0.25) is 0 Å². The van der Waals surface area contributed by atoms with Crippen molar-refractivity contribution in [3.63, 3.8) is 0 Å². The van der Waals surface area contributed by atoms with Crippen LogP contribution in [-0.2, 0) is 11.2 Å². The Morgan fingerprint density at radius 2 is 1.89 bits per heavy atom. The predicted molar refractivity (Wildman–Crippen MR) is 107 cm³/mol. The number of hydrogen-bond donors (Lipinski definition) is 0. The number of anilines is 1. The Morgan fingerprint density at radius 1 is 1.11 bits per heavy atom. The lowest BCUT2D eigenvalue weighted by molar-refractivity contribution is -0.118. The molecule has 0 aliphatic heterocycles. The van der Waals surface area contributed by atoms with Crippen molar-refractivity contribution >= 4 is 17.4 Å². The van der Waals surface area contributed by atoms with Gasteiger partial charge in [0, 0.05) is 42.9 Å². The fraction of sp³-hybridized carbons (Fsp3) is 0.273. The third-order valence-corrected chi connectivity index (χ3v) is 4.84. The summed E-state index contributed by atoms with van der Waals surface area (Å²) in [7, 11) is 1.78. The van der Waals surface area contributed by atoms with Crippen LogP contribution in [0.1, 0.15) is 40.7 Å². The van der Waals surface area contributed by atoms with Crippen LogP contribution >= 0.6 is 0 Å². The molecule has 1 aromatic carbocycles. The van der Waals surface area contributed by atoms with Crippen molar-refractivity contribution in [3.8, 4) is 11.1 Å². The van der Waals surface area contributed by atoms with Crippen molar-refractivity contribution < 1.29 is 14.1 Å². The van der Waals surface area contributed by atoms with Crippen molar-refractivity contribution in [1.29, 1.82) is 0 Å². The summed E-state index contributed by atoms with van der Waals surface area (Å²) >= 11 is 0. The van der Waals surface area contributed by atoms with E-state index in [9.17, 15) is 9.59 Å². The fourth-order valence-corrected chi connectivity index (χ4v) is 3.03. The van der Waals surface area contributed by atoms with Gasteiger partial charge in [-0.15, -0.1) is 0 Å². The first kappa shape index (κ1) is 19.5. The molecule has 0 N–H and O–H groups in total. The number of benzene rings is 1. The van der Waals surface area contributed by atoms with Gasteiger partial charge in [-0.2, -0.15) is 0 Å². The second kappa shape index (κ2) is 8.17. The minimum Gasteiger partial charge on any atom is -0.361 e. The molecule has 0 aliphatic carbocycles. The number of hydrogen-bond acceptors (Lipinski definition) is 5. The van der Waals surface area contributed by atoms with Gasteiger partial charge in [0.2, 0.25) is 5.91 Å². The highest BCUT2D eigenvalue weighted by atomic mass is 16.5. The van der Waals surface area contributed by atoms with E-state index in [2.05, 4.69) is 10.1 Å². The molecule has 0 aliphatic rings. The van der Waals surface area contributed by atoms with Gasteiger partial charge in [0.25, 0.3) is 0 Å². The van der Waals surface area contributed by atoms with E-state index in [1.165, 1.54) is 0 Å². The summed E-state index contributed by atoms with van der Waals surface area (Å²) in [4.78, 5) is 30.3. The van der Waals surface area contributed by atoms with E-state index in [-0.39, 0.29) is 18.1 Å². The molecule has 0 unspecified atom stereocenters. The van der Waals surface area contributed by atoms with Crippen LogP contribution in [0.4, 0.5) is 5.69 Å². The summed E-state index contributed by atoms with van der Waals surface area (Å²) in [6.07, 6.45) is 3.95. The topological polar surface area (TPSA) is 76.3 Å². The molecule has 3 rings (SSSR count). The number of Topliss-reactive ketones (excluding diaryl/α,β-unsaturated/α-hetero) is 1. The van der Waals surface area contributed by atoms with Gasteiger partial charge >= 0.3 is 0 Å². The Hall–Kier alpha value is -3.28. The van der Waals surface area contributed by atoms with Crippen LogP contribution in [0.5, 0.6) is 0 Å². The second-order valence-corrected chi connectivity index (χ2v) is 6.74. The molecule has 0 spiro atoms. The first-order valence-corrected chi connectivity index (χ1v) is 9.17. The number of carbonyl (C=O) groups is 2. The summed E-state index contributed by atoms with van der Waals surface area (Å²) in [6, 6.07) is 9.51. The number of nitrogens with zero attached hydrogens (tertiary/aromatic N) is 3. The maximum Gasteiger partial charge on any atom is 0.226 e. The number of rotatable bonds is 6. The van der Waals surface area contributed by atoms with E-state index in [4.69, 9.17) is 4.52 Å². The van der Waals surface area contributed by atoms with Crippen molar-refractivity contribution in [1.82, 2.24) is 10.1 Å². The first-order chi connectivity index (χ1) is 13.4. The van der Waals surface area contributed by atoms with Gasteiger partial charge < -0.3 is 9.42 Å². The highest BCUT2D eigenvalue weighted by molar-refractivity contribution is 5.96. The molecular formula is C22H23N3O3. The maximum atomic E-state index is 12.4. The van der Waals surface area contributed by atoms with Crippen molar-refractivity contribution in [3.05, 3.63) is 65.3 Å². The minimum absolute atomic E-state index is 0.0692. The largest absolute Gasteiger partial charge is 0.361 e. The van der Waals surface area contributed by atoms with Gasteiger partial charge in [-0.1, -0.05) is 24.2 Å². The number of ketones is 1. The van der Waals surface area contributed by atoms with Gasteiger partial charge in [-0.25, -0.2) is 0 Å². The van der Waals surface area contributed by atoms with E-state index in [1.54, 1.807) is 37.3 Å². The molecule has 0 atom stereocenters. The predicted octanol–water partition coefficient (Wildman–Crippen LogP) is 4.15. The van der Waals surface area contributed by atoms with Crippen molar-refractivity contribution in [2.45, 2.75) is 33.6 Å². The Balaban J connectivity index is 1.78. The molecule has 1 amide bonds. The summed E-state index contributed by atoms with van der Waals surface area (Å²) in [5.74, 6) is 0.636. The summed E-state index contributed by atoms with van der Waals surface area (Å²) in [5, 5.41) is 3.70. The zero-order valence-corrected chi connectivity index (χ0v) is 16.5. The molecule has 6 nitrogen and oxygen atoms in total. The molecule has 0 saturated carbocycles. The molecule has 3 aromatic rings. The highest BCUT2D eigenvalue weighted by Gasteiger charge is 2.14.